The first-order valence-corrected chi connectivity index (χ1v) is 12.8. The number of carbonyl (C=O) groups is 1. The van der Waals surface area contributed by atoms with Gasteiger partial charge in [0.15, 0.2) is 0 Å². The second kappa shape index (κ2) is 18.4. The fourth-order valence-electron chi connectivity index (χ4n) is 3.82. The quantitative estimate of drug-likeness (QED) is 0.275. The molecule has 3 nitrogen and oxygen atoms in total. The molecule has 0 saturated carbocycles. The number of allylic oxidation sites excluding steroid dienone is 2. The van der Waals surface area contributed by atoms with Crippen LogP contribution in [0.1, 0.15) is 70.2 Å². The van der Waals surface area contributed by atoms with E-state index in [1.807, 2.05) is 45.9 Å². The maximum Gasteiger partial charge on any atom is 0.150 e. The smallest absolute Gasteiger partial charge is 0.150 e. The molecule has 0 bridgehead atoms. The van der Waals surface area contributed by atoms with Gasteiger partial charge in [-0.15, -0.1) is 0 Å². The number of aryl methyl sites for hydroxylation is 2. The van der Waals surface area contributed by atoms with Gasteiger partial charge < -0.3 is 10.5 Å². The van der Waals surface area contributed by atoms with E-state index in [0.717, 1.165) is 46.6 Å². The number of methoxy groups -OCH3 is 1. The minimum absolute atomic E-state index is 0.747. The van der Waals surface area contributed by atoms with E-state index in [0.29, 0.717) is 0 Å². The zero-order chi connectivity index (χ0) is 26.8. The summed E-state index contributed by atoms with van der Waals surface area (Å²) in [4.78, 5) is 11.0. The van der Waals surface area contributed by atoms with E-state index in [9.17, 15) is 4.79 Å². The molecular weight excluding hydrogens is 430 g/mol. The molecule has 3 aromatic rings. The van der Waals surface area contributed by atoms with Crippen LogP contribution in [0.25, 0.3) is 16.3 Å². The third-order valence-electron chi connectivity index (χ3n) is 5.83. The summed E-state index contributed by atoms with van der Waals surface area (Å²) >= 11 is 0. The lowest BCUT2D eigenvalue weighted by Gasteiger charge is -2.13. The zero-order valence-electron chi connectivity index (χ0n) is 23.4. The zero-order valence-corrected chi connectivity index (χ0v) is 23.4. The molecule has 3 aromatic carbocycles. The van der Waals surface area contributed by atoms with Crippen LogP contribution in [-0.2, 0) is 17.6 Å². The maximum atomic E-state index is 11.0. The molecule has 0 heterocycles. The predicted octanol–water partition coefficient (Wildman–Crippen LogP) is 8.20. The Morgan fingerprint density at radius 1 is 1.00 bits per heavy atom. The Morgan fingerprint density at radius 2 is 1.63 bits per heavy atom. The second-order valence-corrected chi connectivity index (χ2v) is 8.09. The van der Waals surface area contributed by atoms with E-state index in [1.54, 1.807) is 7.11 Å². The molecular formula is C32H47NO2. The Hall–Kier alpha value is -2.91. The molecule has 192 valence electrons. The van der Waals surface area contributed by atoms with Gasteiger partial charge in [0.1, 0.15) is 12.0 Å². The molecule has 0 aliphatic heterocycles. The summed E-state index contributed by atoms with van der Waals surface area (Å²) in [6.45, 7) is 14.5. The van der Waals surface area contributed by atoms with Crippen molar-refractivity contribution in [1.29, 1.82) is 0 Å². The van der Waals surface area contributed by atoms with Crippen LogP contribution in [0.2, 0.25) is 0 Å². The van der Waals surface area contributed by atoms with Crippen molar-refractivity contribution in [3.8, 4) is 5.75 Å². The van der Waals surface area contributed by atoms with Gasteiger partial charge in [0.2, 0.25) is 0 Å². The molecule has 0 aliphatic carbocycles. The molecule has 0 aromatic heterocycles. The first kappa shape index (κ1) is 32.1. The number of ether oxygens (including phenoxy) is 1. The van der Waals surface area contributed by atoms with Crippen molar-refractivity contribution in [1.82, 2.24) is 0 Å². The summed E-state index contributed by atoms with van der Waals surface area (Å²) in [5, 5.41) is 2.70. The van der Waals surface area contributed by atoms with Crippen molar-refractivity contribution in [2.24, 2.45) is 11.7 Å². The standard InChI is InChI=1S/C15H18.C14H18O2.C2H6.CH5N/c1-3-12(2)10-13-8-9-14-6-4-5-7-15(14)11-13;1-5-11-8-13(16-4)7-10(3)14(11)12(6-2)9-15;2*1-2/h4-9,11-12H,3,10H2,1-2H3;6-9H,5H2,1-4H3;1-2H3;2H2,1H3/b;12-6-;;. The molecule has 2 N–H and O–H groups in total. The molecule has 35 heavy (non-hydrogen) atoms. The van der Waals surface area contributed by atoms with Gasteiger partial charge >= 0.3 is 0 Å². The van der Waals surface area contributed by atoms with Crippen LogP contribution < -0.4 is 10.5 Å². The molecule has 0 amide bonds. The fourth-order valence-corrected chi connectivity index (χ4v) is 3.82. The van der Waals surface area contributed by atoms with Crippen LogP contribution in [-0.4, -0.2) is 20.4 Å². The summed E-state index contributed by atoms with van der Waals surface area (Å²) in [6.07, 6.45) is 6.10. The topological polar surface area (TPSA) is 52.3 Å². The van der Waals surface area contributed by atoms with Crippen molar-refractivity contribution in [3.05, 3.63) is 82.9 Å². The molecule has 1 unspecified atom stereocenters. The van der Waals surface area contributed by atoms with E-state index >= 15 is 0 Å². The summed E-state index contributed by atoms with van der Waals surface area (Å²) in [7, 11) is 3.16. The number of fused-ring (bicyclic) bond motifs is 1. The SMILES string of the molecule is C/C=C(/C=O)c1c(C)cc(OC)cc1CC.CC.CCC(C)Cc1ccc2ccccc2c1.CN. The maximum absolute atomic E-state index is 11.0. The number of nitrogens with two attached hydrogens (primary N) is 1. The summed E-state index contributed by atoms with van der Waals surface area (Å²) < 4.78 is 5.23. The average molecular weight is 478 g/mol. The van der Waals surface area contributed by atoms with Gasteiger partial charge in [-0.3, -0.25) is 4.79 Å². The predicted molar refractivity (Wildman–Crippen MR) is 155 cm³/mol. The van der Waals surface area contributed by atoms with Crippen LogP contribution in [0, 0.1) is 12.8 Å². The largest absolute Gasteiger partial charge is 0.497 e. The van der Waals surface area contributed by atoms with Gasteiger partial charge in [-0.05, 0) is 84.8 Å². The van der Waals surface area contributed by atoms with Gasteiger partial charge in [-0.25, -0.2) is 0 Å². The molecule has 0 fully saturated rings. The Kier molecular flexibility index (Phi) is 16.9. The number of hydrogen-bond donors (Lipinski definition) is 1. The summed E-state index contributed by atoms with van der Waals surface area (Å²) in [6, 6.07) is 19.3. The Bertz CT molecular complexity index is 1040. The summed E-state index contributed by atoms with van der Waals surface area (Å²) in [5.41, 5.74) is 9.98. The van der Waals surface area contributed by atoms with Crippen LogP contribution in [0.15, 0.2) is 60.7 Å². The van der Waals surface area contributed by atoms with E-state index < -0.39 is 0 Å². The lowest BCUT2D eigenvalue weighted by molar-refractivity contribution is -0.103. The van der Waals surface area contributed by atoms with Gasteiger partial charge in [0.05, 0.1) is 7.11 Å². The minimum Gasteiger partial charge on any atom is -0.497 e. The third-order valence-corrected chi connectivity index (χ3v) is 5.83. The van der Waals surface area contributed by atoms with Crippen molar-refractivity contribution in [2.45, 2.75) is 67.7 Å². The molecule has 0 aliphatic rings. The van der Waals surface area contributed by atoms with Crippen molar-refractivity contribution >= 4 is 22.6 Å². The first-order valence-electron chi connectivity index (χ1n) is 12.8. The highest BCUT2D eigenvalue weighted by atomic mass is 16.5. The molecule has 0 spiro atoms. The van der Waals surface area contributed by atoms with Crippen LogP contribution in [0.3, 0.4) is 0 Å². The van der Waals surface area contributed by atoms with Crippen molar-refractivity contribution in [3.63, 3.8) is 0 Å². The van der Waals surface area contributed by atoms with Gasteiger partial charge in [-0.2, -0.15) is 0 Å². The molecule has 0 radical (unpaired) electrons. The Labute approximate surface area is 214 Å². The Balaban J connectivity index is 0.000000579. The van der Waals surface area contributed by atoms with Gasteiger partial charge in [0, 0.05) is 5.57 Å². The van der Waals surface area contributed by atoms with Crippen LogP contribution in [0.5, 0.6) is 5.75 Å². The number of carbonyl (C=O) groups excluding carboxylic acids is 1. The number of aldehydes is 1. The van der Waals surface area contributed by atoms with E-state index in [4.69, 9.17) is 4.74 Å². The minimum atomic E-state index is 0.747. The highest BCUT2D eigenvalue weighted by Crippen LogP contribution is 2.27. The number of hydrogen-bond acceptors (Lipinski definition) is 3. The number of benzene rings is 3. The highest BCUT2D eigenvalue weighted by Gasteiger charge is 2.10. The molecule has 1 atom stereocenters. The lowest BCUT2D eigenvalue weighted by Crippen LogP contribution is -1.98. The van der Waals surface area contributed by atoms with E-state index in [1.165, 1.54) is 36.2 Å². The van der Waals surface area contributed by atoms with E-state index in [-0.39, 0.29) is 0 Å². The van der Waals surface area contributed by atoms with Crippen molar-refractivity contribution in [2.75, 3.05) is 14.2 Å². The molecule has 3 rings (SSSR count). The highest BCUT2D eigenvalue weighted by molar-refractivity contribution is 6.08. The van der Waals surface area contributed by atoms with Crippen LogP contribution >= 0.6 is 0 Å². The second-order valence-electron chi connectivity index (χ2n) is 8.09. The lowest BCUT2D eigenvalue weighted by atomic mass is 9.93. The third kappa shape index (κ3) is 10.1. The Morgan fingerprint density at radius 3 is 2.14 bits per heavy atom. The summed E-state index contributed by atoms with van der Waals surface area (Å²) in [5.74, 6) is 1.63. The fraction of sp³-hybridized carbons (Fsp3) is 0.406. The monoisotopic (exact) mass is 477 g/mol. The van der Waals surface area contributed by atoms with E-state index in [2.05, 4.69) is 69.0 Å². The number of rotatable bonds is 7. The van der Waals surface area contributed by atoms with Crippen molar-refractivity contribution < 1.29 is 9.53 Å². The van der Waals surface area contributed by atoms with Gasteiger partial charge in [0.25, 0.3) is 0 Å². The molecule has 3 heteroatoms. The molecule has 0 saturated heterocycles. The van der Waals surface area contributed by atoms with Crippen LogP contribution in [0.4, 0.5) is 0 Å². The van der Waals surface area contributed by atoms with Gasteiger partial charge in [-0.1, -0.05) is 89.6 Å². The first-order chi connectivity index (χ1) is 17.0. The average Bonchev–Trinajstić information content (AvgIpc) is 2.92. The normalized spacial score (nSPS) is 11.1.